The maximum Gasteiger partial charge on any atom is 0.214 e. The zero-order valence-electron chi connectivity index (χ0n) is 12.4. The maximum absolute atomic E-state index is 12.7. The first-order valence-corrected chi connectivity index (χ1v) is 10.0. The number of hydrogen-bond donors (Lipinski definition) is 1. The fourth-order valence-corrected chi connectivity index (χ4v) is 6.25. The molecular weight excluding hydrogens is 272 g/mol. The Kier molecular flexibility index (Phi) is 4.68. The highest BCUT2D eigenvalue weighted by atomic mass is 32.2. The molecule has 116 valence electrons. The average molecular weight is 300 g/mol. The third-order valence-corrected chi connectivity index (χ3v) is 7.36. The van der Waals surface area contributed by atoms with E-state index < -0.39 is 10.0 Å². The predicted molar refractivity (Wildman–Crippen MR) is 81.1 cm³/mol. The van der Waals surface area contributed by atoms with Crippen molar-refractivity contribution < 1.29 is 8.42 Å². The fraction of sp³-hybridized carbons (Fsp3) is 1.00. The van der Waals surface area contributed by atoms with Gasteiger partial charge in [-0.05, 0) is 57.4 Å². The molecule has 3 atom stereocenters. The van der Waals surface area contributed by atoms with Crippen LogP contribution in [0.25, 0.3) is 0 Å². The Morgan fingerprint density at radius 1 is 1.00 bits per heavy atom. The van der Waals surface area contributed by atoms with Crippen LogP contribution in [0.5, 0.6) is 0 Å². The second kappa shape index (κ2) is 6.32. The zero-order chi connectivity index (χ0) is 14.0. The van der Waals surface area contributed by atoms with E-state index in [1.54, 1.807) is 0 Å². The summed E-state index contributed by atoms with van der Waals surface area (Å²) in [6, 6.07) is 0.746. The molecular formula is C15H28N2O2S. The first-order valence-electron chi connectivity index (χ1n) is 8.40. The monoisotopic (exact) mass is 300 g/mol. The minimum atomic E-state index is -3.04. The van der Waals surface area contributed by atoms with Crippen molar-refractivity contribution in [3.8, 4) is 0 Å². The summed E-state index contributed by atoms with van der Waals surface area (Å²) in [5, 5.41) is 3.46. The van der Waals surface area contributed by atoms with Gasteiger partial charge in [-0.1, -0.05) is 12.8 Å². The number of sulfonamides is 1. The molecule has 0 spiro atoms. The Hall–Kier alpha value is -0.130. The molecule has 2 heterocycles. The van der Waals surface area contributed by atoms with Crippen molar-refractivity contribution in [2.45, 2.75) is 69.9 Å². The minimum absolute atomic E-state index is 0.327. The zero-order valence-corrected chi connectivity index (χ0v) is 13.2. The molecule has 5 heteroatoms. The standard InChI is InChI=1S/C15H28N2O2S/c18-20(19,12-9-14-7-1-2-10-16-14)17-11-4-6-13-5-3-8-15(13)17/h13-16H,1-12H2. The average Bonchev–Trinajstić information content (AvgIpc) is 2.94. The highest BCUT2D eigenvalue weighted by Gasteiger charge is 2.40. The summed E-state index contributed by atoms with van der Waals surface area (Å²) < 4.78 is 27.2. The Balaban J connectivity index is 1.59. The van der Waals surface area contributed by atoms with Gasteiger partial charge >= 0.3 is 0 Å². The Morgan fingerprint density at radius 2 is 1.85 bits per heavy atom. The summed E-state index contributed by atoms with van der Waals surface area (Å²) in [5.41, 5.74) is 0. The molecule has 0 amide bonds. The molecule has 20 heavy (non-hydrogen) atoms. The van der Waals surface area contributed by atoms with Gasteiger partial charge in [-0.3, -0.25) is 0 Å². The first kappa shape index (κ1) is 14.8. The summed E-state index contributed by atoms with van der Waals surface area (Å²) >= 11 is 0. The van der Waals surface area contributed by atoms with E-state index in [2.05, 4.69) is 5.32 Å². The van der Waals surface area contributed by atoms with Gasteiger partial charge in [0.15, 0.2) is 0 Å². The van der Waals surface area contributed by atoms with E-state index in [-0.39, 0.29) is 0 Å². The van der Waals surface area contributed by atoms with E-state index in [1.807, 2.05) is 4.31 Å². The van der Waals surface area contributed by atoms with Crippen molar-refractivity contribution in [3.63, 3.8) is 0 Å². The Bertz CT molecular complexity index is 418. The van der Waals surface area contributed by atoms with Gasteiger partial charge in [-0.15, -0.1) is 0 Å². The van der Waals surface area contributed by atoms with Gasteiger partial charge in [0.05, 0.1) is 5.75 Å². The summed E-state index contributed by atoms with van der Waals surface area (Å²) in [5.74, 6) is 0.986. The topological polar surface area (TPSA) is 49.4 Å². The highest BCUT2D eigenvalue weighted by Crippen LogP contribution is 2.38. The van der Waals surface area contributed by atoms with E-state index in [0.717, 1.165) is 38.8 Å². The number of hydrogen-bond acceptors (Lipinski definition) is 3. The van der Waals surface area contributed by atoms with Gasteiger partial charge in [0.25, 0.3) is 0 Å². The lowest BCUT2D eigenvalue weighted by Crippen LogP contribution is -2.47. The number of fused-ring (bicyclic) bond motifs is 1. The van der Waals surface area contributed by atoms with Crippen LogP contribution in [0, 0.1) is 5.92 Å². The third kappa shape index (κ3) is 3.20. The SMILES string of the molecule is O=S(=O)(CCC1CCCCN1)N1CCCC2CCCC21. The lowest BCUT2D eigenvalue weighted by molar-refractivity contribution is 0.201. The smallest absolute Gasteiger partial charge is 0.214 e. The van der Waals surface area contributed by atoms with Crippen molar-refractivity contribution in [2.24, 2.45) is 5.92 Å². The van der Waals surface area contributed by atoms with E-state index in [0.29, 0.717) is 23.8 Å². The van der Waals surface area contributed by atoms with Crippen molar-refractivity contribution in [2.75, 3.05) is 18.8 Å². The summed E-state index contributed by atoms with van der Waals surface area (Å²) in [4.78, 5) is 0. The fourth-order valence-electron chi connectivity index (χ4n) is 4.33. The number of piperidine rings is 2. The third-order valence-electron chi connectivity index (χ3n) is 5.44. The van der Waals surface area contributed by atoms with Crippen molar-refractivity contribution >= 4 is 10.0 Å². The van der Waals surface area contributed by atoms with Crippen LogP contribution in [-0.4, -0.2) is 43.6 Å². The van der Waals surface area contributed by atoms with Crippen LogP contribution in [0.2, 0.25) is 0 Å². The molecule has 0 bridgehead atoms. The van der Waals surface area contributed by atoms with Crippen LogP contribution >= 0.6 is 0 Å². The van der Waals surface area contributed by atoms with E-state index >= 15 is 0 Å². The molecule has 0 aromatic carbocycles. The molecule has 3 aliphatic rings. The molecule has 2 aliphatic heterocycles. The maximum atomic E-state index is 12.7. The molecule has 3 unspecified atom stereocenters. The lowest BCUT2D eigenvalue weighted by Gasteiger charge is -2.37. The molecule has 3 rings (SSSR count). The van der Waals surface area contributed by atoms with E-state index in [1.165, 1.54) is 32.1 Å². The van der Waals surface area contributed by atoms with Crippen LogP contribution in [-0.2, 0) is 10.0 Å². The number of nitrogens with one attached hydrogen (secondary N) is 1. The van der Waals surface area contributed by atoms with Gasteiger partial charge in [0.1, 0.15) is 0 Å². The molecule has 2 saturated heterocycles. The first-order chi connectivity index (χ1) is 9.67. The van der Waals surface area contributed by atoms with Gasteiger partial charge in [0, 0.05) is 18.6 Å². The normalized spacial score (nSPS) is 35.9. The van der Waals surface area contributed by atoms with Crippen LogP contribution in [0.15, 0.2) is 0 Å². The Labute approximate surface area is 123 Å². The highest BCUT2D eigenvalue weighted by molar-refractivity contribution is 7.89. The van der Waals surface area contributed by atoms with Crippen LogP contribution < -0.4 is 5.32 Å². The molecule has 3 fully saturated rings. The second-order valence-electron chi connectivity index (χ2n) is 6.76. The van der Waals surface area contributed by atoms with Crippen molar-refractivity contribution in [3.05, 3.63) is 0 Å². The molecule has 0 aromatic heterocycles. The number of rotatable bonds is 4. The summed E-state index contributed by atoms with van der Waals surface area (Å²) in [6.07, 6.45) is 10.2. The minimum Gasteiger partial charge on any atom is -0.314 e. The molecule has 0 aromatic rings. The van der Waals surface area contributed by atoms with Crippen LogP contribution in [0.4, 0.5) is 0 Å². The molecule has 1 aliphatic carbocycles. The summed E-state index contributed by atoms with van der Waals surface area (Å²) in [7, 11) is -3.04. The van der Waals surface area contributed by atoms with E-state index in [4.69, 9.17) is 0 Å². The second-order valence-corrected chi connectivity index (χ2v) is 8.80. The van der Waals surface area contributed by atoms with Crippen LogP contribution in [0.1, 0.15) is 57.8 Å². The number of nitrogens with zero attached hydrogens (tertiary/aromatic N) is 1. The quantitative estimate of drug-likeness (QED) is 0.865. The molecule has 0 radical (unpaired) electrons. The summed E-state index contributed by atoms with van der Waals surface area (Å²) in [6.45, 7) is 1.82. The van der Waals surface area contributed by atoms with Gasteiger partial charge < -0.3 is 5.32 Å². The Morgan fingerprint density at radius 3 is 2.65 bits per heavy atom. The van der Waals surface area contributed by atoms with Gasteiger partial charge in [0.2, 0.25) is 10.0 Å². The molecule has 4 nitrogen and oxygen atoms in total. The largest absolute Gasteiger partial charge is 0.314 e. The molecule has 1 N–H and O–H groups in total. The predicted octanol–water partition coefficient (Wildman–Crippen LogP) is 2.11. The molecule has 1 saturated carbocycles. The van der Waals surface area contributed by atoms with Crippen molar-refractivity contribution in [1.29, 1.82) is 0 Å². The van der Waals surface area contributed by atoms with Gasteiger partial charge in [-0.2, -0.15) is 4.31 Å². The van der Waals surface area contributed by atoms with Crippen molar-refractivity contribution in [1.82, 2.24) is 9.62 Å². The van der Waals surface area contributed by atoms with Gasteiger partial charge in [-0.25, -0.2) is 8.42 Å². The van der Waals surface area contributed by atoms with E-state index in [9.17, 15) is 8.42 Å². The van der Waals surface area contributed by atoms with Crippen LogP contribution in [0.3, 0.4) is 0 Å². The lowest BCUT2D eigenvalue weighted by atomic mass is 9.94.